The third-order valence-corrected chi connectivity index (χ3v) is 7.11. The number of pyridine rings is 1. The van der Waals surface area contributed by atoms with Gasteiger partial charge in [0.1, 0.15) is 17.2 Å². The Morgan fingerprint density at radius 2 is 1.88 bits per heavy atom. The summed E-state index contributed by atoms with van der Waals surface area (Å²) in [5, 5.41) is 9.09. The number of methoxy groups -OCH3 is 1. The number of hydrogen-bond acceptors (Lipinski definition) is 6. The van der Waals surface area contributed by atoms with E-state index in [-0.39, 0.29) is 23.8 Å². The zero-order chi connectivity index (χ0) is 22.7. The minimum absolute atomic E-state index is 0.0460. The van der Waals surface area contributed by atoms with E-state index in [9.17, 15) is 13.2 Å². The maximum atomic E-state index is 13.4. The zero-order valence-corrected chi connectivity index (χ0v) is 18.2. The van der Waals surface area contributed by atoms with E-state index >= 15 is 0 Å². The van der Waals surface area contributed by atoms with Gasteiger partial charge in [0.2, 0.25) is 0 Å². The van der Waals surface area contributed by atoms with Crippen molar-refractivity contribution in [3.8, 4) is 17.2 Å². The Kier molecular flexibility index (Phi) is 6.00. The molecule has 0 radical (unpaired) electrons. The fraction of sp³-hybridized carbons (Fsp3) is 0.217. The van der Waals surface area contributed by atoms with Crippen LogP contribution in [0.5, 0.6) is 17.2 Å². The number of carboxylic acid groups (broad SMARTS) is 1. The van der Waals surface area contributed by atoms with Crippen molar-refractivity contribution in [2.45, 2.75) is 23.7 Å². The Morgan fingerprint density at radius 3 is 2.53 bits per heavy atom. The highest BCUT2D eigenvalue weighted by molar-refractivity contribution is 7.92. The van der Waals surface area contributed by atoms with Crippen LogP contribution in [0.25, 0.3) is 0 Å². The molecule has 1 N–H and O–H groups in total. The first kappa shape index (κ1) is 21.6. The van der Waals surface area contributed by atoms with Gasteiger partial charge in [0.25, 0.3) is 10.0 Å². The first-order valence-corrected chi connectivity index (χ1v) is 11.4. The normalized spacial score (nSPS) is 15.3. The number of fused-ring (bicyclic) bond motifs is 1. The number of ether oxygens (including phenoxy) is 2. The van der Waals surface area contributed by atoms with Gasteiger partial charge in [-0.25, -0.2) is 8.42 Å². The lowest BCUT2D eigenvalue weighted by Crippen LogP contribution is -2.30. The van der Waals surface area contributed by atoms with Crippen LogP contribution in [-0.2, 0) is 14.8 Å². The van der Waals surface area contributed by atoms with Gasteiger partial charge in [-0.2, -0.15) is 0 Å². The molecule has 166 valence electrons. The third kappa shape index (κ3) is 4.38. The van der Waals surface area contributed by atoms with Crippen LogP contribution in [0.3, 0.4) is 0 Å². The van der Waals surface area contributed by atoms with Crippen LogP contribution in [-0.4, -0.2) is 38.1 Å². The Hall–Kier alpha value is -3.59. The number of aliphatic carboxylic acids is 1. The first-order chi connectivity index (χ1) is 15.4. The SMILES string of the molecule is COc1ccc2c(c1)C(CCC(=O)O)CN2S(=O)(=O)c1ccc(Oc2cccnc2)cc1. The molecule has 1 aromatic heterocycles. The molecule has 0 amide bonds. The minimum Gasteiger partial charge on any atom is -0.497 e. The maximum Gasteiger partial charge on any atom is 0.303 e. The molecule has 8 nitrogen and oxygen atoms in total. The van der Waals surface area contributed by atoms with Crippen molar-refractivity contribution < 1.29 is 27.8 Å². The van der Waals surface area contributed by atoms with Gasteiger partial charge < -0.3 is 14.6 Å². The highest BCUT2D eigenvalue weighted by atomic mass is 32.2. The second kappa shape index (κ2) is 8.88. The smallest absolute Gasteiger partial charge is 0.303 e. The lowest BCUT2D eigenvalue weighted by atomic mass is 9.96. The monoisotopic (exact) mass is 454 g/mol. The van der Waals surface area contributed by atoms with Crippen LogP contribution >= 0.6 is 0 Å². The van der Waals surface area contributed by atoms with Gasteiger partial charge in [0, 0.05) is 25.1 Å². The molecule has 1 atom stereocenters. The van der Waals surface area contributed by atoms with Crippen molar-refractivity contribution in [1.29, 1.82) is 0 Å². The number of hydrogen-bond donors (Lipinski definition) is 1. The van der Waals surface area contributed by atoms with Crippen LogP contribution in [0, 0.1) is 0 Å². The molecule has 0 aliphatic carbocycles. The molecule has 0 fully saturated rings. The number of carboxylic acids is 1. The molecule has 1 aliphatic rings. The number of rotatable bonds is 8. The quantitative estimate of drug-likeness (QED) is 0.547. The van der Waals surface area contributed by atoms with Gasteiger partial charge in [-0.15, -0.1) is 0 Å². The second-order valence-electron chi connectivity index (χ2n) is 7.35. The van der Waals surface area contributed by atoms with Crippen molar-refractivity contribution >= 4 is 21.7 Å². The van der Waals surface area contributed by atoms with Crippen LogP contribution in [0.15, 0.2) is 71.9 Å². The number of benzene rings is 2. The van der Waals surface area contributed by atoms with Crippen molar-refractivity contribution in [3.05, 3.63) is 72.6 Å². The van der Waals surface area contributed by atoms with Crippen LogP contribution < -0.4 is 13.8 Å². The molecule has 0 bridgehead atoms. The summed E-state index contributed by atoms with van der Waals surface area (Å²) in [4.78, 5) is 15.2. The molecular weight excluding hydrogens is 432 g/mol. The third-order valence-electron chi connectivity index (χ3n) is 5.32. The summed E-state index contributed by atoms with van der Waals surface area (Å²) < 4.78 is 39.2. The lowest BCUT2D eigenvalue weighted by molar-refractivity contribution is -0.137. The summed E-state index contributed by atoms with van der Waals surface area (Å²) in [5.41, 5.74) is 1.31. The summed E-state index contributed by atoms with van der Waals surface area (Å²) in [5.74, 6) is 0.481. The molecule has 0 saturated carbocycles. The molecule has 9 heteroatoms. The average Bonchev–Trinajstić information content (AvgIpc) is 3.17. The highest BCUT2D eigenvalue weighted by Crippen LogP contribution is 2.43. The Balaban J connectivity index is 1.61. The molecule has 32 heavy (non-hydrogen) atoms. The molecule has 0 spiro atoms. The van der Waals surface area contributed by atoms with Crippen molar-refractivity contribution in [1.82, 2.24) is 4.98 Å². The van der Waals surface area contributed by atoms with Crippen molar-refractivity contribution in [2.24, 2.45) is 0 Å². The minimum atomic E-state index is -3.86. The molecule has 2 heterocycles. The molecule has 4 rings (SSSR count). The number of anilines is 1. The predicted molar refractivity (Wildman–Crippen MR) is 118 cm³/mol. The molecular formula is C23H22N2O6S. The van der Waals surface area contributed by atoms with E-state index in [0.717, 1.165) is 5.56 Å². The number of sulfonamides is 1. The van der Waals surface area contributed by atoms with Crippen LogP contribution in [0.2, 0.25) is 0 Å². The van der Waals surface area contributed by atoms with E-state index in [4.69, 9.17) is 14.6 Å². The van der Waals surface area contributed by atoms with E-state index in [1.807, 2.05) is 0 Å². The fourth-order valence-electron chi connectivity index (χ4n) is 3.73. The summed E-state index contributed by atoms with van der Waals surface area (Å²) >= 11 is 0. The molecule has 2 aromatic carbocycles. The van der Waals surface area contributed by atoms with Gasteiger partial charge in [0.05, 0.1) is 23.9 Å². The van der Waals surface area contributed by atoms with Crippen LogP contribution in [0.1, 0.15) is 24.3 Å². The van der Waals surface area contributed by atoms with Gasteiger partial charge in [-0.3, -0.25) is 14.1 Å². The average molecular weight is 455 g/mol. The molecule has 1 unspecified atom stereocenters. The number of nitrogens with zero attached hydrogens (tertiary/aromatic N) is 2. The van der Waals surface area contributed by atoms with Gasteiger partial charge in [-0.05, 0) is 66.6 Å². The number of aromatic nitrogens is 1. The summed E-state index contributed by atoms with van der Waals surface area (Å²) in [6.07, 6.45) is 3.49. The molecule has 3 aromatic rings. The summed E-state index contributed by atoms with van der Waals surface area (Å²) in [6, 6.07) is 14.8. The topological polar surface area (TPSA) is 106 Å². The Labute approximate surface area is 186 Å². The zero-order valence-electron chi connectivity index (χ0n) is 17.3. The lowest BCUT2D eigenvalue weighted by Gasteiger charge is -2.20. The maximum absolute atomic E-state index is 13.4. The van der Waals surface area contributed by atoms with Gasteiger partial charge >= 0.3 is 5.97 Å². The summed E-state index contributed by atoms with van der Waals surface area (Å²) in [6.45, 7) is 0.173. The fourth-order valence-corrected chi connectivity index (χ4v) is 5.27. The second-order valence-corrected chi connectivity index (χ2v) is 9.21. The highest BCUT2D eigenvalue weighted by Gasteiger charge is 2.37. The van der Waals surface area contributed by atoms with E-state index in [2.05, 4.69) is 4.98 Å². The molecule has 0 saturated heterocycles. The standard InChI is InChI=1S/C23H22N2O6S/c1-30-18-7-10-22-21(13-18)16(4-11-23(26)27)15-25(22)32(28,29)20-8-5-17(6-9-20)31-19-3-2-12-24-14-19/h2-3,5-10,12-14,16H,4,11,15H2,1H3,(H,26,27). The van der Waals surface area contributed by atoms with Crippen LogP contribution in [0.4, 0.5) is 5.69 Å². The van der Waals surface area contributed by atoms with Crippen molar-refractivity contribution in [2.75, 3.05) is 18.0 Å². The van der Waals surface area contributed by atoms with E-state index in [1.165, 1.54) is 23.5 Å². The summed E-state index contributed by atoms with van der Waals surface area (Å²) in [7, 11) is -2.32. The Bertz CT molecular complexity index is 1210. The first-order valence-electron chi connectivity index (χ1n) is 9.99. The van der Waals surface area contributed by atoms with E-state index < -0.39 is 16.0 Å². The molecule has 1 aliphatic heterocycles. The van der Waals surface area contributed by atoms with E-state index in [1.54, 1.807) is 54.9 Å². The Morgan fingerprint density at radius 1 is 1.12 bits per heavy atom. The van der Waals surface area contributed by atoms with Gasteiger partial charge in [0.15, 0.2) is 0 Å². The van der Waals surface area contributed by atoms with Crippen molar-refractivity contribution in [3.63, 3.8) is 0 Å². The number of carbonyl (C=O) groups is 1. The largest absolute Gasteiger partial charge is 0.497 e. The van der Waals surface area contributed by atoms with E-state index in [0.29, 0.717) is 29.4 Å². The van der Waals surface area contributed by atoms with Gasteiger partial charge in [-0.1, -0.05) is 0 Å². The predicted octanol–water partition coefficient (Wildman–Crippen LogP) is 4.04.